The summed E-state index contributed by atoms with van der Waals surface area (Å²) in [6.45, 7) is 4.78. The first kappa shape index (κ1) is 16.9. The van der Waals surface area contributed by atoms with Gasteiger partial charge in [0.2, 0.25) is 5.95 Å². The van der Waals surface area contributed by atoms with Gasteiger partial charge in [-0.15, -0.1) is 0 Å². The molecule has 1 aromatic heterocycles. The van der Waals surface area contributed by atoms with Crippen LogP contribution in [0.25, 0.3) is 0 Å². The molecule has 2 aliphatic heterocycles. The number of aromatic nitrogens is 2. The molecule has 2 aliphatic rings. The van der Waals surface area contributed by atoms with Crippen molar-refractivity contribution in [2.45, 2.75) is 25.6 Å². The number of piperidine rings is 1. The number of hydrogen-bond donors (Lipinski definition) is 1. The second-order valence-corrected chi connectivity index (χ2v) is 6.66. The number of anilines is 2. The molecule has 1 aromatic carbocycles. The lowest BCUT2D eigenvalue weighted by Crippen LogP contribution is -2.45. The third-order valence-electron chi connectivity index (χ3n) is 4.77. The molecule has 7 heteroatoms. The fourth-order valence-electron chi connectivity index (χ4n) is 3.38. The molecule has 2 fully saturated rings. The Kier molecular flexibility index (Phi) is 4.57. The van der Waals surface area contributed by atoms with Crippen molar-refractivity contribution < 1.29 is 14.3 Å². The van der Waals surface area contributed by atoms with E-state index in [1.807, 2.05) is 31.2 Å². The number of hydrogen-bond acceptors (Lipinski definition) is 6. The van der Waals surface area contributed by atoms with E-state index in [4.69, 9.17) is 9.47 Å². The van der Waals surface area contributed by atoms with Crippen molar-refractivity contribution in [1.82, 2.24) is 9.97 Å². The molecular formula is C19H22N4O3. The topological polar surface area (TPSA) is 76.6 Å². The molecule has 0 saturated carbocycles. The smallest absolute Gasteiger partial charge is 0.274 e. The van der Waals surface area contributed by atoms with E-state index in [-0.39, 0.29) is 5.91 Å². The molecular weight excluding hydrogens is 332 g/mol. The van der Waals surface area contributed by atoms with Gasteiger partial charge in [-0.1, -0.05) is 12.1 Å². The summed E-state index contributed by atoms with van der Waals surface area (Å²) in [7, 11) is 0. The summed E-state index contributed by atoms with van der Waals surface area (Å²) in [6.07, 6.45) is 3.17. The van der Waals surface area contributed by atoms with Crippen LogP contribution in [0.2, 0.25) is 0 Å². The molecule has 0 radical (unpaired) electrons. The monoisotopic (exact) mass is 354 g/mol. The van der Waals surface area contributed by atoms with Crippen LogP contribution in [-0.2, 0) is 9.47 Å². The lowest BCUT2D eigenvalue weighted by atomic mass is 10.0. The maximum absolute atomic E-state index is 12.5. The van der Waals surface area contributed by atoms with Crippen LogP contribution in [-0.4, -0.2) is 48.0 Å². The van der Waals surface area contributed by atoms with Gasteiger partial charge in [0.25, 0.3) is 5.91 Å². The van der Waals surface area contributed by atoms with Crippen LogP contribution in [0.4, 0.5) is 11.6 Å². The van der Waals surface area contributed by atoms with Gasteiger partial charge >= 0.3 is 0 Å². The number of rotatable bonds is 3. The molecule has 0 bridgehead atoms. The molecule has 1 spiro atoms. The highest BCUT2D eigenvalue weighted by atomic mass is 16.7. The van der Waals surface area contributed by atoms with Crippen molar-refractivity contribution in [3.8, 4) is 0 Å². The van der Waals surface area contributed by atoms with Crippen molar-refractivity contribution in [2.75, 3.05) is 36.5 Å². The van der Waals surface area contributed by atoms with Crippen molar-refractivity contribution in [1.29, 1.82) is 0 Å². The highest BCUT2D eigenvalue weighted by Crippen LogP contribution is 2.32. The molecule has 2 saturated heterocycles. The Labute approximate surface area is 152 Å². The van der Waals surface area contributed by atoms with E-state index in [1.54, 1.807) is 12.3 Å². The van der Waals surface area contributed by atoms with Crippen molar-refractivity contribution in [3.63, 3.8) is 0 Å². The Morgan fingerprint density at radius 2 is 1.96 bits per heavy atom. The Bertz CT molecular complexity index is 795. The van der Waals surface area contributed by atoms with Gasteiger partial charge < -0.3 is 19.7 Å². The summed E-state index contributed by atoms with van der Waals surface area (Å²) in [4.78, 5) is 23.4. The first-order valence-corrected chi connectivity index (χ1v) is 8.88. The van der Waals surface area contributed by atoms with E-state index in [2.05, 4.69) is 20.2 Å². The normalized spacial score (nSPS) is 18.9. The van der Waals surface area contributed by atoms with E-state index in [1.165, 1.54) is 0 Å². The number of nitrogens with zero attached hydrogens (tertiary/aromatic N) is 3. The molecule has 2 aromatic rings. The standard InChI is InChI=1S/C19H22N4O3/c1-14-3-2-4-15(13-14)21-17(24)16-5-8-20-18(22-16)23-9-6-19(7-10-23)25-11-12-26-19/h2-5,8,13H,6-7,9-12H2,1H3,(H,21,24). The van der Waals surface area contributed by atoms with E-state index >= 15 is 0 Å². The van der Waals surface area contributed by atoms with E-state index < -0.39 is 5.79 Å². The Balaban J connectivity index is 1.44. The number of nitrogens with one attached hydrogen (secondary N) is 1. The van der Waals surface area contributed by atoms with Crippen LogP contribution in [0.15, 0.2) is 36.5 Å². The maximum atomic E-state index is 12.5. The molecule has 136 valence electrons. The zero-order valence-electron chi connectivity index (χ0n) is 14.8. The predicted octanol–water partition coefficient (Wildman–Crippen LogP) is 2.38. The molecule has 0 aliphatic carbocycles. The SMILES string of the molecule is Cc1cccc(NC(=O)c2ccnc(N3CCC4(CC3)OCCO4)n2)c1. The van der Waals surface area contributed by atoms with Crippen molar-refractivity contribution in [2.24, 2.45) is 0 Å². The highest BCUT2D eigenvalue weighted by molar-refractivity contribution is 6.03. The number of ether oxygens (including phenoxy) is 2. The average molecular weight is 354 g/mol. The minimum absolute atomic E-state index is 0.241. The summed E-state index contributed by atoms with van der Waals surface area (Å²) in [5.41, 5.74) is 2.19. The van der Waals surface area contributed by atoms with Crippen LogP contribution >= 0.6 is 0 Å². The third kappa shape index (κ3) is 3.54. The third-order valence-corrected chi connectivity index (χ3v) is 4.77. The largest absolute Gasteiger partial charge is 0.347 e. The zero-order chi connectivity index (χ0) is 18.0. The Hall–Kier alpha value is -2.51. The summed E-state index contributed by atoms with van der Waals surface area (Å²) < 4.78 is 11.5. The van der Waals surface area contributed by atoms with Gasteiger partial charge in [0, 0.05) is 37.8 Å². The van der Waals surface area contributed by atoms with Gasteiger partial charge in [-0.2, -0.15) is 0 Å². The second kappa shape index (κ2) is 7.01. The van der Waals surface area contributed by atoms with Gasteiger partial charge in [0.15, 0.2) is 5.79 Å². The Morgan fingerprint density at radius 1 is 1.19 bits per heavy atom. The first-order valence-electron chi connectivity index (χ1n) is 8.88. The number of aryl methyl sites for hydroxylation is 1. The average Bonchev–Trinajstić information content (AvgIpc) is 3.10. The van der Waals surface area contributed by atoms with Crippen LogP contribution in [0.5, 0.6) is 0 Å². The molecule has 1 amide bonds. The first-order chi connectivity index (χ1) is 12.6. The minimum Gasteiger partial charge on any atom is -0.347 e. The van der Waals surface area contributed by atoms with Crippen molar-refractivity contribution >= 4 is 17.5 Å². The van der Waals surface area contributed by atoms with E-state index in [9.17, 15) is 4.79 Å². The molecule has 0 atom stereocenters. The van der Waals surface area contributed by atoms with Crippen LogP contribution in [0.1, 0.15) is 28.9 Å². The van der Waals surface area contributed by atoms with Gasteiger partial charge in [-0.05, 0) is 30.7 Å². The summed E-state index contributed by atoms with van der Waals surface area (Å²) in [5, 5.41) is 2.88. The van der Waals surface area contributed by atoms with Crippen molar-refractivity contribution in [3.05, 3.63) is 47.8 Å². The molecule has 1 N–H and O–H groups in total. The summed E-state index contributed by atoms with van der Waals surface area (Å²) >= 11 is 0. The highest BCUT2D eigenvalue weighted by Gasteiger charge is 2.40. The number of carbonyl (C=O) groups excluding carboxylic acids is 1. The number of benzene rings is 1. The van der Waals surface area contributed by atoms with Crippen LogP contribution < -0.4 is 10.2 Å². The van der Waals surface area contributed by atoms with Crippen LogP contribution in [0.3, 0.4) is 0 Å². The van der Waals surface area contributed by atoms with Crippen LogP contribution in [0, 0.1) is 6.92 Å². The van der Waals surface area contributed by atoms with Gasteiger partial charge in [-0.3, -0.25) is 4.79 Å². The number of carbonyl (C=O) groups is 1. The number of amides is 1. The predicted molar refractivity (Wildman–Crippen MR) is 97.2 cm³/mol. The summed E-state index contributed by atoms with van der Waals surface area (Å²) in [6, 6.07) is 9.31. The Morgan fingerprint density at radius 3 is 2.69 bits per heavy atom. The minimum atomic E-state index is -0.434. The van der Waals surface area contributed by atoms with E-state index in [0.717, 1.165) is 37.2 Å². The second-order valence-electron chi connectivity index (χ2n) is 6.66. The molecule has 7 nitrogen and oxygen atoms in total. The zero-order valence-corrected chi connectivity index (χ0v) is 14.8. The quantitative estimate of drug-likeness (QED) is 0.912. The fraction of sp³-hybridized carbons (Fsp3) is 0.421. The van der Waals surface area contributed by atoms with Gasteiger partial charge in [0.05, 0.1) is 13.2 Å². The fourth-order valence-corrected chi connectivity index (χ4v) is 3.38. The van der Waals surface area contributed by atoms with Gasteiger partial charge in [-0.25, -0.2) is 9.97 Å². The van der Waals surface area contributed by atoms with E-state index in [0.29, 0.717) is 24.9 Å². The lowest BCUT2D eigenvalue weighted by Gasteiger charge is -2.37. The lowest BCUT2D eigenvalue weighted by molar-refractivity contribution is -0.169. The summed E-state index contributed by atoms with van der Waals surface area (Å²) in [5.74, 6) is -0.110. The molecule has 4 rings (SSSR count). The maximum Gasteiger partial charge on any atom is 0.274 e. The molecule has 3 heterocycles. The van der Waals surface area contributed by atoms with Gasteiger partial charge in [0.1, 0.15) is 5.69 Å². The molecule has 0 unspecified atom stereocenters. The molecule has 26 heavy (non-hydrogen) atoms.